The third kappa shape index (κ3) is 4.54. The Morgan fingerprint density at radius 1 is 1.15 bits per heavy atom. The Bertz CT molecular complexity index is 1290. The molecule has 174 valence electrons. The summed E-state index contributed by atoms with van der Waals surface area (Å²) < 4.78 is 1.97. The average Bonchev–Trinajstić information content (AvgIpc) is 3.31. The van der Waals surface area contributed by atoms with Gasteiger partial charge in [-0.3, -0.25) is 4.57 Å². The molecule has 3 heterocycles. The van der Waals surface area contributed by atoms with E-state index in [1.807, 2.05) is 39.8 Å². The number of piperidine rings is 1. The summed E-state index contributed by atoms with van der Waals surface area (Å²) in [5.41, 5.74) is 2.65. The molecule has 0 bridgehead atoms. The first kappa shape index (κ1) is 22.2. The van der Waals surface area contributed by atoms with E-state index in [-0.39, 0.29) is 12.1 Å². The van der Waals surface area contributed by atoms with Crippen molar-refractivity contribution in [1.29, 1.82) is 0 Å². The van der Waals surface area contributed by atoms with Gasteiger partial charge < -0.3 is 15.1 Å². The number of carbonyl (C=O) groups is 1. The molecule has 5 rings (SSSR count). The number of rotatable bonds is 5. The average molecular weight is 476 g/mol. The number of hydrogen-bond donors (Lipinski definition) is 1. The Hall–Kier alpha value is -3.65. The highest BCUT2D eigenvalue weighted by atomic mass is 35.5. The van der Waals surface area contributed by atoms with Gasteiger partial charge in [0.05, 0.1) is 11.0 Å². The molecule has 1 N–H and O–H groups in total. The zero-order valence-corrected chi connectivity index (χ0v) is 19.7. The van der Waals surface area contributed by atoms with E-state index in [1.54, 1.807) is 36.8 Å². The summed E-state index contributed by atoms with van der Waals surface area (Å²) in [6.07, 6.45) is 5.46. The van der Waals surface area contributed by atoms with Crippen molar-refractivity contribution in [3.05, 3.63) is 72.1 Å². The molecule has 2 aromatic carbocycles. The third-order valence-electron chi connectivity index (χ3n) is 6.15. The highest BCUT2D eigenvalue weighted by molar-refractivity contribution is 6.30. The second kappa shape index (κ2) is 9.69. The number of urea groups is 1. The Morgan fingerprint density at radius 3 is 2.79 bits per heavy atom. The van der Waals surface area contributed by atoms with Crippen LogP contribution in [0.2, 0.25) is 5.02 Å². The van der Waals surface area contributed by atoms with Crippen LogP contribution in [0.3, 0.4) is 0 Å². The number of anilines is 2. The minimum atomic E-state index is -0.109. The topological polar surface area (TPSA) is 79.2 Å². The van der Waals surface area contributed by atoms with E-state index in [9.17, 15) is 4.79 Å². The molecule has 1 unspecified atom stereocenters. The number of fused-ring (bicyclic) bond motifs is 1. The van der Waals surface area contributed by atoms with Gasteiger partial charge in [0.2, 0.25) is 5.95 Å². The van der Waals surface area contributed by atoms with Gasteiger partial charge in [-0.1, -0.05) is 23.7 Å². The summed E-state index contributed by atoms with van der Waals surface area (Å²) in [6.45, 7) is 4.16. The molecule has 1 aliphatic heterocycles. The van der Waals surface area contributed by atoms with Crippen LogP contribution in [-0.2, 0) is 0 Å². The predicted octanol–water partition coefficient (Wildman–Crippen LogP) is 4.99. The number of nitrogens with zero attached hydrogens (tertiary/aromatic N) is 6. The Kier molecular flexibility index (Phi) is 6.31. The summed E-state index contributed by atoms with van der Waals surface area (Å²) in [7, 11) is 0. The molecular weight excluding hydrogens is 450 g/mol. The van der Waals surface area contributed by atoms with E-state index in [0.717, 1.165) is 48.5 Å². The van der Waals surface area contributed by atoms with Crippen LogP contribution in [0.5, 0.6) is 0 Å². The maximum Gasteiger partial charge on any atom is 0.321 e. The van der Waals surface area contributed by atoms with Gasteiger partial charge in [0, 0.05) is 42.6 Å². The lowest BCUT2D eigenvalue weighted by Crippen LogP contribution is -2.51. The molecule has 1 atom stereocenters. The standard InChI is InChI=1S/C25H26ClN7O/c1-2-32(20-6-5-15-31(16-20)25(34)29-19-11-9-18(26)10-12-19)24-27-14-13-23(30-24)33-17-28-21-7-3-4-8-22(21)33/h3-4,7-14,17,20H,2,5-6,15-16H2,1H3,(H,29,34). The van der Waals surface area contributed by atoms with Crippen molar-refractivity contribution in [2.45, 2.75) is 25.8 Å². The smallest absolute Gasteiger partial charge is 0.321 e. The van der Waals surface area contributed by atoms with E-state index in [1.165, 1.54) is 0 Å². The van der Waals surface area contributed by atoms with Crippen molar-refractivity contribution in [3.8, 4) is 5.82 Å². The molecule has 4 aromatic rings. The van der Waals surface area contributed by atoms with Gasteiger partial charge in [-0.2, -0.15) is 4.98 Å². The van der Waals surface area contributed by atoms with Gasteiger partial charge in [0.15, 0.2) is 0 Å². The maximum atomic E-state index is 12.9. The first-order valence-electron chi connectivity index (χ1n) is 11.5. The SMILES string of the molecule is CCN(c1nccc(-n2cnc3ccccc32)n1)C1CCCN(C(=O)Nc2ccc(Cl)cc2)C1. The van der Waals surface area contributed by atoms with Crippen molar-refractivity contribution < 1.29 is 4.79 Å². The number of likely N-dealkylation sites (tertiary alicyclic amines) is 1. The zero-order valence-electron chi connectivity index (χ0n) is 18.9. The van der Waals surface area contributed by atoms with Crippen LogP contribution in [0, 0.1) is 0 Å². The zero-order chi connectivity index (χ0) is 23.5. The van der Waals surface area contributed by atoms with Crippen LogP contribution in [0.1, 0.15) is 19.8 Å². The molecular formula is C25H26ClN7O. The molecule has 0 aliphatic carbocycles. The number of nitrogens with one attached hydrogen (secondary N) is 1. The Morgan fingerprint density at radius 2 is 1.97 bits per heavy atom. The largest absolute Gasteiger partial charge is 0.336 e. The third-order valence-corrected chi connectivity index (χ3v) is 6.40. The van der Waals surface area contributed by atoms with Crippen molar-refractivity contribution >= 4 is 40.3 Å². The van der Waals surface area contributed by atoms with E-state index in [0.29, 0.717) is 17.5 Å². The molecule has 2 amide bonds. The second-order valence-corrected chi connectivity index (χ2v) is 8.72. The minimum Gasteiger partial charge on any atom is -0.336 e. The van der Waals surface area contributed by atoms with Crippen LogP contribution in [-0.4, -0.2) is 56.1 Å². The number of aromatic nitrogens is 4. The quantitative estimate of drug-likeness (QED) is 0.439. The van der Waals surface area contributed by atoms with Crippen molar-refractivity contribution in [3.63, 3.8) is 0 Å². The molecule has 0 spiro atoms. The Balaban J connectivity index is 1.34. The molecule has 1 aliphatic rings. The molecule has 2 aromatic heterocycles. The molecule has 9 heteroatoms. The van der Waals surface area contributed by atoms with Crippen molar-refractivity contribution in [1.82, 2.24) is 24.4 Å². The fourth-order valence-corrected chi connectivity index (χ4v) is 4.57. The lowest BCUT2D eigenvalue weighted by molar-refractivity contribution is 0.191. The molecule has 8 nitrogen and oxygen atoms in total. The van der Waals surface area contributed by atoms with Crippen LogP contribution in [0.4, 0.5) is 16.4 Å². The lowest BCUT2D eigenvalue weighted by atomic mass is 10.0. The van der Waals surface area contributed by atoms with Crippen LogP contribution < -0.4 is 10.2 Å². The normalized spacial score (nSPS) is 15.9. The van der Waals surface area contributed by atoms with Crippen molar-refractivity contribution in [2.75, 3.05) is 29.9 Å². The van der Waals surface area contributed by atoms with Gasteiger partial charge in [0.1, 0.15) is 12.1 Å². The predicted molar refractivity (Wildman–Crippen MR) is 135 cm³/mol. The van der Waals surface area contributed by atoms with Gasteiger partial charge in [0.25, 0.3) is 0 Å². The molecule has 34 heavy (non-hydrogen) atoms. The highest BCUT2D eigenvalue weighted by Gasteiger charge is 2.29. The summed E-state index contributed by atoms with van der Waals surface area (Å²) in [5.74, 6) is 1.42. The first-order chi connectivity index (χ1) is 16.6. The summed E-state index contributed by atoms with van der Waals surface area (Å²) in [5, 5.41) is 3.61. The van der Waals surface area contributed by atoms with E-state index >= 15 is 0 Å². The van der Waals surface area contributed by atoms with Gasteiger partial charge in [-0.15, -0.1) is 0 Å². The number of halogens is 1. The van der Waals surface area contributed by atoms with Crippen LogP contribution in [0.25, 0.3) is 16.9 Å². The minimum absolute atomic E-state index is 0.109. The fourth-order valence-electron chi connectivity index (χ4n) is 4.45. The molecule has 0 saturated carbocycles. The summed E-state index contributed by atoms with van der Waals surface area (Å²) in [6, 6.07) is 17.0. The molecule has 1 fully saturated rings. The number of likely N-dealkylation sites (N-methyl/N-ethyl adjacent to an activating group) is 1. The monoisotopic (exact) mass is 475 g/mol. The Labute approximate surface area is 203 Å². The number of hydrogen-bond acceptors (Lipinski definition) is 5. The number of benzene rings is 2. The van der Waals surface area contributed by atoms with Gasteiger partial charge in [-0.25, -0.2) is 14.8 Å². The molecule has 1 saturated heterocycles. The number of para-hydroxylation sites is 2. The maximum absolute atomic E-state index is 12.9. The fraction of sp³-hybridized carbons (Fsp3) is 0.280. The van der Waals surface area contributed by atoms with Gasteiger partial charge in [-0.05, 0) is 62.2 Å². The van der Waals surface area contributed by atoms with E-state index < -0.39 is 0 Å². The lowest BCUT2D eigenvalue weighted by Gasteiger charge is -2.39. The number of carbonyl (C=O) groups excluding carboxylic acids is 1. The van der Waals surface area contributed by atoms with Gasteiger partial charge >= 0.3 is 6.03 Å². The van der Waals surface area contributed by atoms with E-state index in [4.69, 9.17) is 16.6 Å². The van der Waals surface area contributed by atoms with E-state index in [2.05, 4.69) is 27.1 Å². The summed E-state index contributed by atoms with van der Waals surface area (Å²) in [4.78, 5) is 30.9. The van der Waals surface area contributed by atoms with Crippen LogP contribution >= 0.6 is 11.6 Å². The first-order valence-corrected chi connectivity index (χ1v) is 11.8. The highest BCUT2D eigenvalue weighted by Crippen LogP contribution is 2.23. The van der Waals surface area contributed by atoms with Crippen LogP contribution in [0.15, 0.2) is 67.1 Å². The number of imidazole rings is 1. The second-order valence-electron chi connectivity index (χ2n) is 8.28. The summed E-state index contributed by atoms with van der Waals surface area (Å²) >= 11 is 5.95. The van der Waals surface area contributed by atoms with Crippen molar-refractivity contribution in [2.24, 2.45) is 0 Å². The number of amides is 2. The molecule has 0 radical (unpaired) electrons.